The van der Waals surface area contributed by atoms with Crippen LogP contribution in [0.3, 0.4) is 0 Å². The predicted molar refractivity (Wildman–Crippen MR) is 71.1 cm³/mol. The highest BCUT2D eigenvalue weighted by molar-refractivity contribution is 7.99. The van der Waals surface area contributed by atoms with E-state index in [-0.39, 0.29) is 5.92 Å². The van der Waals surface area contributed by atoms with Gasteiger partial charge >= 0.3 is 0 Å². The highest BCUT2D eigenvalue weighted by Gasteiger charge is 2.18. The molecule has 0 N–H and O–H groups in total. The van der Waals surface area contributed by atoms with Gasteiger partial charge in [0, 0.05) is 17.6 Å². The van der Waals surface area contributed by atoms with Gasteiger partial charge in [-0.15, -0.1) is 0 Å². The smallest absolute Gasteiger partial charge is 0.229 e. The Bertz CT molecular complexity index is 407. The molecule has 1 aromatic heterocycles. The Morgan fingerprint density at radius 1 is 1.50 bits per heavy atom. The zero-order valence-corrected chi connectivity index (χ0v) is 11.6. The SMILES string of the molecule is CC(CCC#N)c1nc(CSC2CCCC2)no1. The second-order valence-electron chi connectivity index (χ2n) is 4.86. The van der Waals surface area contributed by atoms with Gasteiger partial charge in [0.2, 0.25) is 5.89 Å². The van der Waals surface area contributed by atoms with Crippen LogP contribution in [-0.2, 0) is 5.75 Å². The highest BCUT2D eigenvalue weighted by atomic mass is 32.2. The lowest BCUT2D eigenvalue weighted by Crippen LogP contribution is -1.97. The molecule has 5 heteroatoms. The summed E-state index contributed by atoms with van der Waals surface area (Å²) in [6, 6.07) is 2.14. The molecule has 4 nitrogen and oxygen atoms in total. The van der Waals surface area contributed by atoms with Crippen LogP contribution in [0, 0.1) is 11.3 Å². The summed E-state index contributed by atoms with van der Waals surface area (Å²) in [6.45, 7) is 2.03. The molecule has 0 spiro atoms. The molecule has 1 aliphatic carbocycles. The second kappa shape index (κ2) is 6.79. The van der Waals surface area contributed by atoms with Crippen molar-refractivity contribution in [2.24, 2.45) is 0 Å². The van der Waals surface area contributed by atoms with Crippen molar-refractivity contribution in [3.05, 3.63) is 11.7 Å². The minimum absolute atomic E-state index is 0.183. The van der Waals surface area contributed by atoms with Crippen LogP contribution < -0.4 is 0 Å². The summed E-state index contributed by atoms with van der Waals surface area (Å²) in [5, 5.41) is 13.3. The van der Waals surface area contributed by atoms with Crippen LogP contribution in [0.2, 0.25) is 0 Å². The first kappa shape index (κ1) is 13.4. The lowest BCUT2D eigenvalue weighted by atomic mass is 10.1. The normalized spacial score (nSPS) is 17.8. The van der Waals surface area contributed by atoms with E-state index in [0.29, 0.717) is 12.3 Å². The molecule has 1 fully saturated rings. The molecule has 1 heterocycles. The molecular formula is C13H19N3OS. The molecule has 0 saturated heterocycles. The van der Waals surface area contributed by atoms with E-state index < -0.39 is 0 Å². The van der Waals surface area contributed by atoms with Crippen LogP contribution >= 0.6 is 11.8 Å². The van der Waals surface area contributed by atoms with Gasteiger partial charge in [-0.3, -0.25) is 0 Å². The lowest BCUT2D eigenvalue weighted by Gasteiger charge is -2.05. The van der Waals surface area contributed by atoms with Crippen LogP contribution in [0.15, 0.2) is 4.52 Å². The Labute approximate surface area is 112 Å². The van der Waals surface area contributed by atoms with Gasteiger partial charge in [-0.1, -0.05) is 24.9 Å². The van der Waals surface area contributed by atoms with Gasteiger partial charge in [-0.2, -0.15) is 22.0 Å². The number of aromatic nitrogens is 2. The fourth-order valence-electron chi connectivity index (χ4n) is 2.18. The van der Waals surface area contributed by atoms with Gasteiger partial charge < -0.3 is 4.52 Å². The number of hydrogen-bond acceptors (Lipinski definition) is 5. The molecule has 1 unspecified atom stereocenters. The van der Waals surface area contributed by atoms with Gasteiger partial charge in [0.25, 0.3) is 0 Å². The third kappa shape index (κ3) is 3.74. The summed E-state index contributed by atoms with van der Waals surface area (Å²) in [7, 11) is 0. The van der Waals surface area contributed by atoms with Crippen molar-refractivity contribution in [3.63, 3.8) is 0 Å². The Hall–Kier alpha value is -1.02. The summed E-state index contributed by atoms with van der Waals surface area (Å²) in [5.41, 5.74) is 0. The monoisotopic (exact) mass is 265 g/mol. The molecule has 98 valence electrons. The molecule has 2 rings (SSSR count). The van der Waals surface area contributed by atoms with Crippen LogP contribution in [0.1, 0.15) is 63.1 Å². The summed E-state index contributed by atoms with van der Waals surface area (Å²) in [6.07, 6.45) is 6.70. The van der Waals surface area contributed by atoms with Crippen molar-refractivity contribution >= 4 is 11.8 Å². The summed E-state index contributed by atoms with van der Waals surface area (Å²) >= 11 is 1.94. The number of rotatable bonds is 6. The maximum Gasteiger partial charge on any atom is 0.229 e. The van der Waals surface area contributed by atoms with Gasteiger partial charge in [-0.25, -0.2) is 0 Å². The summed E-state index contributed by atoms with van der Waals surface area (Å²) in [4.78, 5) is 4.42. The molecule has 0 aromatic carbocycles. The van der Waals surface area contributed by atoms with E-state index >= 15 is 0 Å². The standard InChI is InChI=1S/C13H19N3OS/c1-10(5-4-8-14)13-15-12(16-17-13)9-18-11-6-2-3-7-11/h10-11H,2-7,9H2,1H3. The first-order valence-corrected chi connectivity index (χ1v) is 7.65. The molecule has 18 heavy (non-hydrogen) atoms. The van der Waals surface area contributed by atoms with Crippen molar-refractivity contribution < 1.29 is 4.52 Å². The zero-order chi connectivity index (χ0) is 12.8. The molecule has 0 aliphatic heterocycles. The van der Waals surface area contributed by atoms with Gasteiger partial charge in [0.05, 0.1) is 11.8 Å². The number of nitriles is 1. The largest absolute Gasteiger partial charge is 0.339 e. The van der Waals surface area contributed by atoms with Gasteiger partial charge in [-0.05, 0) is 19.3 Å². The highest BCUT2D eigenvalue weighted by Crippen LogP contribution is 2.31. The maximum absolute atomic E-state index is 8.55. The molecular weight excluding hydrogens is 246 g/mol. The van der Waals surface area contributed by atoms with E-state index in [0.717, 1.165) is 23.2 Å². The molecule has 1 aromatic rings. The lowest BCUT2D eigenvalue weighted by molar-refractivity contribution is 0.351. The van der Waals surface area contributed by atoms with Crippen molar-refractivity contribution in [3.8, 4) is 6.07 Å². The number of hydrogen-bond donors (Lipinski definition) is 0. The average Bonchev–Trinajstić information content (AvgIpc) is 3.04. The van der Waals surface area contributed by atoms with Crippen molar-refractivity contribution in [1.82, 2.24) is 10.1 Å². The molecule has 1 atom stereocenters. The van der Waals surface area contributed by atoms with E-state index in [1.54, 1.807) is 0 Å². The zero-order valence-electron chi connectivity index (χ0n) is 10.8. The van der Waals surface area contributed by atoms with Crippen molar-refractivity contribution in [2.45, 2.75) is 62.4 Å². The third-order valence-corrected chi connectivity index (χ3v) is 4.71. The molecule has 1 saturated carbocycles. The second-order valence-corrected chi connectivity index (χ2v) is 6.15. The average molecular weight is 265 g/mol. The van der Waals surface area contributed by atoms with Crippen LogP contribution in [0.5, 0.6) is 0 Å². The first-order valence-electron chi connectivity index (χ1n) is 6.60. The summed E-state index contributed by atoms with van der Waals surface area (Å²) < 4.78 is 5.25. The first-order chi connectivity index (χ1) is 8.79. The Kier molecular flexibility index (Phi) is 5.06. The maximum atomic E-state index is 8.55. The molecule has 0 radical (unpaired) electrons. The topological polar surface area (TPSA) is 62.7 Å². The van der Waals surface area contributed by atoms with E-state index in [1.165, 1.54) is 25.7 Å². The molecule has 0 amide bonds. The number of nitrogens with zero attached hydrogens (tertiary/aromatic N) is 3. The van der Waals surface area contributed by atoms with Gasteiger partial charge in [0.15, 0.2) is 5.82 Å². The van der Waals surface area contributed by atoms with Crippen LogP contribution in [0.4, 0.5) is 0 Å². The van der Waals surface area contributed by atoms with E-state index in [1.807, 2.05) is 18.7 Å². The van der Waals surface area contributed by atoms with Gasteiger partial charge in [0.1, 0.15) is 0 Å². The minimum atomic E-state index is 0.183. The molecule has 1 aliphatic rings. The fraction of sp³-hybridized carbons (Fsp3) is 0.769. The summed E-state index contributed by atoms with van der Waals surface area (Å²) in [5.74, 6) is 2.50. The van der Waals surface area contributed by atoms with E-state index in [4.69, 9.17) is 9.78 Å². The Balaban J connectivity index is 1.80. The Morgan fingerprint density at radius 3 is 3.00 bits per heavy atom. The number of thioether (sulfide) groups is 1. The van der Waals surface area contributed by atoms with Crippen molar-refractivity contribution in [2.75, 3.05) is 0 Å². The van der Waals surface area contributed by atoms with E-state index in [9.17, 15) is 0 Å². The Morgan fingerprint density at radius 2 is 2.28 bits per heavy atom. The molecule has 0 bridgehead atoms. The van der Waals surface area contributed by atoms with E-state index in [2.05, 4.69) is 16.2 Å². The third-order valence-electron chi connectivity index (χ3n) is 3.34. The van der Waals surface area contributed by atoms with Crippen molar-refractivity contribution in [1.29, 1.82) is 5.26 Å². The van der Waals surface area contributed by atoms with Crippen LogP contribution in [0.25, 0.3) is 0 Å². The predicted octanol–water partition coefficient (Wildman–Crippen LogP) is 3.65. The quantitative estimate of drug-likeness (QED) is 0.785. The minimum Gasteiger partial charge on any atom is -0.339 e. The van der Waals surface area contributed by atoms with Crippen LogP contribution in [-0.4, -0.2) is 15.4 Å². The fourth-order valence-corrected chi connectivity index (χ4v) is 3.35.